The highest BCUT2D eigenvalue weighted by molar-refractivity contribution is 7.89. The van der Waals surface area contributed by atoms with Crippen LogP contribution in [-0.4, -0.2) is 32.0 Å². The van der Waals surface area contributed by atoms with Gasteiger partial charge in [-0.3, -0.25) is 10.1 Å². The maximum Gasteiger partial charge on any atom is 0.290 e. The molecule has 1 unspecified atom stereocenters. The van der Waals surface area contributed by atoms with Crippen molar-refractivity contribution >= 4 is 27.3 Å². The molecule has 110 valence electrons. The Balaban J connectivity index is 2.41. The van der Waals surface area contributed by atoms with Crippen LogP contribution in [0.25, 0.3) is 0 Å². The largest absolute Gasteiger partial charge is 0.315 e. The molecule has 1 heterocycles. The second kappa shape index (κ2) is 5.28. The molecule has 1 aliphatic heterocycles. The highest BCUT2D eigenvalue weighted by Crippen LogP contribution is 2.28. The van der Waals surface area contributed by atoms with Crippen LogP contribution in [0.1, 0.15) is 13.3 Å². The van der Waals surface area contributed by atoms with Gasteiger partial charge in [-0.15, -0.1) is 0 Å². The fourth-order valence-electron chi connectivity index (χ4n) is 2.14. The first-order valence-corrected chi connectivity index (χ1v) is 7.78. The molecule has 0 bridgehead atoms. The topological polar surface area (TPSA) is 101 Å². The molecule has 2 N–H and O–H groups in total. The van der Waals surface area contributed by atoms with Crippen LogP contribution in [0.3, 0.4) is 0 Å². The molecule has 0 amide bonds. The number of nitrogens with one attached hydrogen (secondary N) is 2. The van der Waals surface area contributed by atoms with Gasteiger partial charge in [0.15, 0.2) is 4.90 Å². The summed E-state index contributed by atoms with van der Waals surface area (Å²) in [7, 11) is -3.98. The molecule has 9 heteroatoms. The lowest BCUT2D eigenvalue weighted by Crippen LogP contribution is -2.47. The van der Waals surface area contributed by atoms with Gasteiger partial charge >= 0.3 is 0 Å². The van der Waals surface area contributed by atoms with Crippen molar-refractivity contribution in [1.82, 2.24) is 10.0 Å². The Bertz CT molecular complexity index is 641. The quantitative estimate of drug-likeness (QED) is 0.643. The van der Waals surface area contributed by atoms with E-state index in [-0.39, 0.29) is 9.92 Å². The second-order valence-corrected chi connectivity index (χ2v) is 7.05. The summed E-state index contributed by atoms with van der Waals surface area (Å²) in [5, 5.41) is 14.1. The molecule has 0 aromatic heterocycles. The molecule has 0 aliphatic carbocycles. The number of nitro benzene ring substituents is 1. The number of hydrogen-bond donors (Lipinski definition) is 2. The summed E-state index contributed by atoms with van der Waals surface area (Å²) < 4.78 is 27.2. The number of benzene rings is 1. The molecular weight excluding hydrogens is 306 g/mol. The van der Waals surface area contributed by atoms with Crippen molar-refractivity contribution in [2.75, 3.05) is 13.1 Å². The highest BCUT2D eigenvalue weighted by Gasteiger charge is 2.36. The standard InChI is InChI=1S/C11H14ClN3O4S/c1-11(4-5-13-7-11)14-20(18,19)10-3-2-8(12)6-9(10)15(16)17/h2-3,6,13-14H,4-5,7H2,1H3. The fourth-order valence-corrected chi connectivity index (χ4v) is 3.90. The van der Waals surface area contributed by atoms with Crippen molar-refractivity contribution in [2.24, 2.45) is 0 Å². The zero-order chi connectivity index (χ0) is 15.0. The zero-order valence-corrected chi connectivity index (χ0v) is 12.3. The Labute approximate surface area is 121 Å². The van der Waals surface area contributed by atoms with Crippen LogP contribution in [-0.2, 0) is 10.0 Å². The number of halogens is 1. The fraction of sp³-hybridized carbons (Fsp3) is 0.455. The van der Waals surface area contributed by atoms with Crippen molar-refractivity contribution in [3.05, 3.63) is 33.3 Å². The van der Waals surface area contributed by atoms with E-state index in [1.165, 1.54) is 6.07 Å². The van der Waals surface area contributed by atoms with E-state index in [4.69, 9.17) is 11.6 Å². The van der Waals surface area contributed by atoms with Crippen LogP contribution in [0, 0.1) is 10.1 Å². The summed E-state index contributed by atoms with van der Waals surface area (Å²) in [5.74, 6) is 0. The van der Waals surface area contributed by atoms with Gasteiger partial charge in [0.2, 0.25) is 10.0 Å². The molecule has 0 radical (unpaired) electrons. The molecule has 1 aliphatic rings. The average molecular weight is 320 g/mol. The summed E-state index contributed by atoms with van der Waals surface area (Å²) in [6, 6.07) is 3.50. The Morgan fingerprint density at radius 1 is 1.50 bits per heavy atom. The number of nitro groups is 1. The molecule has 2 rings (SSSR count). The number of hydrogen-bond acceptors (Lipinski definition) is 5. The van der Waals surface area contributed by atoms with E-state index in [1.807, 2.05) is 0 Å². The van der Waals surface area contributed by atoms with Crippen LogP contribution in [0.4, 0.5) is 5.69 Å². The second-order valence-electron chi connectivity index (χ2n) is 4.96. The molecule has 1 aromatic carbocycles. The monoisotopic (exact) mass is 319 g/mol. The summed E-state index contributed by atoms with van der Waals surface area (Å²) >= 11 is 5.68. The third-order valence-electron chi connectivity index (χ3n) is 3.16. The molecule has 1 atom stereocenters. The summed E-state index contributed by atoms with van der Waals surface area (Å²) in [6.07, 6.45) is 0.619. The SMILES string of the molecule is CC1(NS(=O)(=O)c2ccc(Cl)cc2[N+](=O)[O-])CCNC1. The van der Waals surface area contributed by atoms with E-state index in [0.29, 0.717) is 19.5 Å². The van der Waals surface area contributed by atoms with E-state index in [9.17, 15) is 18.5 Å². The molecule has 20 heavy (non-hydrogen) atoms. The summed E-state index contributed by atoms with van der Waals surface area (Å²) in [6.45, 7) is 2.93. The molecular formula is C11H14ClN3O4S. The van der Waals surface area contributed by atoms with Gasteiger partial charge in [0.25, 0.3) is 5.69 Å². The van der Waals surface area contributed by atoms with Crippen molar-refractivity contribution in [1.29, 1.82) is 0 Å². The third-order valence-corrected chi connectivity index (χ3v) is 5.08. The maximum absolute atomic E-state index is 12.3. The number of nitrogens with zero attached hydrogens (tertiary/aromatic N) is 1. The third kappa shape index (κ3) is 3.09. The molecule has 7 nitrogen and oxygen atoms in total. The zero-order valence-electron chi connectivity index (χ0n) is 10.7. The molecule has 1 saturated heterocycles. The van der Waals surface area contributed by atoms with Crippen LogP contribution >= 0.6 is 11.6 Å². The highest BCUT2D eigenvalue weighted by atomic mass is 35.5. The first-order valence-electron chi connectivity index (χ1n) is 5.92. The van der Waals surface area contributed by atoms with Gasteiger partial charge < -0.3 is 5.32 Å². The van der Waals surface area contributed by atoms with Crippen LogP contribution < -0.4 is 10.0 Å². The van der Waals surface area contributed by atoms with Crippen LogP contribution in [0.2, 0.25) is 5.02 Å². The average Bonchev–Trinajstić information content (AvgIpc) is 2.74. The van der Waals surface area contributed by atoms with Gasteiger partial charge in [-0.05, 0) is 32.0 Å². The Hall–Kier alpha value is -1.22. The Kier molecular flexibility index (Phi) is 4.01. The van der Waals surface area contributed by atoms with E-state index >= 15 is 0 Å². The lowest BCUT2D eigenvalue weighted by Gasteiger charge is -2.23. The van der Waals surface area contributed by atoms with Crippen LogP contribution in [0.5, 0.6) is 0 Å². The minimum atomic E-state index is -3.98. The van der Waals surface area contributed by atoms with E-state index in [2.05, 4.69) is 10.0 Å². The first-order chi connectivity index (χ1) is 9.23. The predicted molar refractivity (Wildman–Crippen MR) is 74.3 cm³/mol. The normalized spacial score (nSPS) is 22.9. The van der Waals surface area contributed by atoms with Gasteiger partial charge in [-0.25, -0.2) is 13.1 Å². The van der Waals surface area contributed by atoms with Crippen molar-refractivity contribution < 1.29 is 13.3 Å². The van der Waals surface area contributed by atoms with E-state index in [0.717, 1.165) is 12.1 Å². The van der Waals surface area contributed by atoms with Gasteiger partial charge in [-0.2, -0.15) is 0 Å². The predicted octanol–water partition coefficient (Wildman–Crippen LogP) is 1.28. The summed E-state index contributed by atoms with van der Waals surface area (Å²) in [5.41, 5.74) is -1.17. The van der Waals surface area contributed by atoms with E-state index in [1.54, 1.807) is 6.92 Å². The van der Waals surface area contributed by atoms with Gasteiger partial charge in [0.05, 0.1) is 4.92 Å². The summed E-state index contributed by atoms with van der Waals surface area (Å²) in [4.78, 5) is 9.85. The van der Waals surface area contributed by atoms with Crippen molar-refractivity contribution in [2.45, 2.75) is 23.8 Å². The van der Waals surface area contributed by atoms with Gasteiger partial charge in [0, 0.05) is 23.2 Å². The van der Waals surface area contributed by atoms with Crippen molar-refractivity contribution in [3.8, 4) is 0 Å². The molecule has 1 fully saturated rings. The lowest BCUT2D eigenvalue weighted by atomic mass is 10.0. The minimum absolute atomic E-state index is 0.115. The smallest absolute Gasteiger partial charge is 0.290 e. The van der Waals surface area contributed by atoms with E-state index < -0.39 is 26.2 Å². The van der Waals surface area contributed by atoms with Gasteiger partial charge in [0.1, 0.15) is 0 Å². The molecule has 1 aromatic rings. The lowest BCUT2D eigenvalue weighted by molar-refractivity contribution is -0.387. The first kappa shape index (κ1) is 15.2. The van der Waals surface area contributed by atoms with Crippen LogP contribution in [0.15, 0.2) is 23.1 Å². The van der Waals surface area contributed by atoms with Crippen molar-refractivity contribution in [3.63, 3.8) is 0 Å². The van der Waals surface area contributed by atoms with Gasteiger partial charge in [-0.1, -0.05) is 11.6 Å². The number of rotatable bonds is 4. The Morgan fingerprint density at radius 3 is 2.75 bits per heavy atom. The maximum atomic E-state index is 12.3. The minimum Gasteiger partial charge on any atom is -0.315 e. The molecule has 0 saturated carbocycles. The molecule has 0 spiro atoms. The number of sulfonamides is 1. The Morgan fingerprint density at radius 2 is 2.20 bits per heavy atom.